The Kier molecular flexibility index (Phi) is 15.0. The van der Waals surface area contributed by atoms with Gasteiger partial charge < -0.3 is 4.90 Å². The van der Waals surface area contributed by atoms with Gasteiger partial charge in [-0.3, -0.25) is 0 Å². The molecule has 2 aliphatic rings. The van der Waals surface area contributed by atoms with Crippen LogP contribution < -0.4 is 4.90 Å². The van der Waals surface area contributed by atoms with Crippen LogP contribution >= 0.6 is 11.8 Å². The summed E-state index contributed by atoms with van der Waals surface area (Å²) in [5, 5.41) is 0. The molecule has 56 heavy (non-hydrogen) atoms. The van der Waals surface area contributed by atoms with Crippen molar-refractivity contribution in [3.63, 3.8) is 0 Å². The summed E-state index contributed by atoms with van der Waals surface area (Å²) in [6, 6.07) is 35.0. The summed E-state index contributed by atoms with van der Waals surface area (Å²) in [7, 11) is 2.10. The molecule has 0 unspecified atom stereocenters. The van der Waals surface area contributed by atoms with Gasteiger partial charge in [0, 0.05) is 34.5 Å². The fourth-order valence-electron chi connectivity index (χ4n) is 6.98. The summed E-state index contributed by atoms with van der Waals surface area (Å²) >= 11 is 1.98. The average Bonchev–Trinajstić information content (AvgIpc) is 3.49. The Bertz CT molecular complexity index is 2290. The van der Waals surface area contributed by atoms with Crippen LogP contribution in [0.5, 0.6) is 0 Å². The molecule has 0 saturated carbocycles. The summed E-state index contributed by atoms with van der Waals surface area (Å²) in [5.41, 5.74) is 16.0. The molecule has 4 aromatic carbocycles. The number of fused-ring (bicyclic) bond motifs is 3. The summed E-state index contributed by atoms with van der Waals surface area (Å²) < 4.78 is 0. The van der Waals surface area contributed by atoms with Gasteiger partial charge in [0.25, 0.3) is 0 Å². The summed E-state index contributed by atoms with van der Waals surface area (Å²) in [6.07, 6.45) is 31.7. The van der Waals surface area contributed by atoms with Gasteiger partial charge in [0.15, 0.2) is 0 Å². The Balaban J connectivity index is 0.000000233. The first-order valence-corrected chi connectivity index (χ1v) is 20.4. The van der Waals surface area contributed by atoms with Crippen molar-refractivity contribution in [3.8, 4) is 12.3 Å². The predicted octanol–water partition coefficient (Wildman–Crippen LogP) is 14.2. The van der Waals surface area contributed by atoms with E-state index in [0.717, 1.165) is 24.3 Å². The van der Waals surface area contributed by atoms with Crippen LogP contribution in [-0.4, -0.2) is 12.8 Å². The Morgan fingerprint density at radius 2 is 1.54 bits per heavy atom. The molecule has 0 fully saturated rings. The number of hydrogen-bond acceptors (Lipinski definition) is 2. The molecule has 1 aliphatic carbocycles. The Morgan fingerprint density at radius 3 is 2.29 bits per heavy atom. The topological polar surface area (TPSA) is 3.24 Å². The normalized spacial score (nSPS) is 15.9. The van der Waals surface area contributed by atoms with Crippen LogP contribution in [0, 0.1) is 12.3 Å². The fraction of sp³-hybridized carbons (Fsp3) is 0.185. The molecule has 1 nitrogen and oxygen atoms in total. The highest BCUT2D eigenvalue weighted by atomic mass is 32.2. The van der Waals surface area contributed by atoms with Crippen molar-refractivity contribution in [1.29, 1.82) is 0 Å². The molecule has 2 heteroatoms. The first-order chi connectivity index (χ1) is 27.1. The van der Waals surface area contributed by atoms with E-state index in [-0.39, 0.29) is 5.41 Å². The largest absolute Gasteiger partial charge is 0.348 e. The second kappa shape index (κ2) is 20.2. The first kappa shape index (κ1) is 41.4. The second-order valence-electron chi connectivity index (χ2n) is 14.7. The molecule has 1 heterocycles. The van der Waals surface area contributed by atoms with Crippen molar-refractivity contribution in [2.75, 3.05) is 17.7 Å². The molecule has 6 rings (SSSR count). The highest BCUT2D eigenvalue weighted by molar-refractivity contribution is 7.99. The third kappa shape index (κ3) is 10.7. The van der Waals surface area contributed by atoms with Gasteiger partial charge in [-0.25, -0.2) is 0 Å². The molecule has 1 aliphatic heterocycles. The molecular weight excluding hydrogens is 695 g/mol. The van der Waals surface area contributed by atoms with E-state index < -0.39 is 0 Å². The molecule has 0 aromatic heterocycles. The van der Waals surface area contributed by atoms with Crippen molar-refractivity contribution < 1.29 is 0 Å². The van der Waals surface area contributed by atoms with Gasteiger partial charge in [0.1, 0.15) is 0 Å². The maximum absolute atomic E-state index is 5.20. The van der Waals surface area contributed by atoms with Crippen molar-refractivity contribution in [2.45, 2.75) is 57.8 Å². The number of hydrogen-bond donors (Lipinski definition) is 0. The van der Waals surface area contributed by atoms with E-state index in [4.69, 9.17) is 6.42 Å². The molecule has 0 amide bonds. The molecule has 282 valence electrons. The van der Waals surface area contributed by atoms with Crippen molar-refractivity contribution in [3.05, 3.63) is 221 Å². The van der Waals surface area contributed by atoms with Crippen LogP contribution in [0.4, 0.5) is 5.69 Å². The van der Waals surface area contributed by atoms with Crippen LogP contribution in [0.3, 0.4) is 0 Å². The Labute approximate surface area is 341 Å². The van der Waals surface area contributed by atoms with E-state index >= 15 is 0 Å². The minimum atomic E-state index is 0.111. The number of terminal acetylenes is 1. The van der Waals surface area contributed by atoms with E-state index in [9.17, 15) is 0 Å². The van der Waals surface area contributed by atoms with Crippen molar-refractivity contribution >= 4 is 34.2 Å². The summed E-state index contributed by atoms with van der Waals surface area (Å²) in [6.45, 7) is 14.8. The average molecular weight is 750 g/mol. The highest BCUT2D eigenvalue weighted by Gasteiger charge is 2.36. The van der Waals surface area contributed by atoms with Gasteiger partial charge >= 0.3 is 0 Å². The fourth-order valence-corrected chi connectivity index (χ4v) is 8.10. The van der Waals surface area contributed by atoms with E-state index in [0.29, 0.717) is 0 Å². The van der Waals surface area contributed by atoms with E-state index in [1.165, 1.54) is 66.3 Å². The number of benzene rings is 4. The zero-order valence-corrected chi connectivity index (χ0v) is 34.7. The number of anilines is 1. The van der Waals surface area contributed by atoms with Gasteiger partial charge in [0.2, 0.25) is 0 Å². The molecule has 0 saturated heterocycles. The van der Waals surface area contributed by atoms with Gasteiger partial charge in [-0.05, 0) is 126 Å². The monoisotopic (exact) mass is 749 g/mol. The maximum atomic E-state index is 5.20. The maximum Gasteiger partial charge on any atom is 0.0405 e. The summed E-state index contributed by atoms with van der Waals surface area (Å²) in [5.74, 6) is 3.54. The van der Waals surface area contributed by atoms with Crippen LogP contribution in [0.25, 0.3) is 16.7 Å². The van der Waals surface area contributed by atoms with Gasteiger partial charge in [-0.1, -0.05) is 160 Å². The lowest BCUT2D eigenvalue weighted by Crippen LogP contribution is -2.16. The van der Waals surface area contributed by atoms with E-state index in [2.05, 4.69) is 193 Å². The van der Waals surface area contributed by atoms with E-state index in [1.807, 2.05) is 36.1 Å². The third-order valence-corrected chi connectivity index (χ3v) is 11.6. The standard InChI is InChI=1S/C33H35N.C21H20S/c1-7-9-11-12-14-17-30-22-24-33(25-23-30)34(6)29(5)21-20-28(4)32-19-15-18-31(26-32)27(3)16-13-10-8-2;1-21(2)18-11-5-4-10-16(18)17-14-22-20-13-6-3-8-15(20)9-7-12-19(17)21/h1,8-16,18-26H,2,17H2,3-6H3;3-8,10-13H,9,14H2,1-2H3/b11-9-,13-10-,14-12-,27-16+,28-20+,29-21+;12-7-. The Morgan fingerprint density at radius 1 is 0.821 bits per heavy atom. The molecule has 0 radical (unpaired) electrons. The minimum absolute atomic E-state index is 0.111. The second-order valence-corrected chi connectivity index (χ2v) is 15.7. The summed E-state index contributed by atoms with van der Waals surface area (Å²) in [4.78, 5) is 3.62. The smallest absolute Gasteiger partial charge is 0.0405 e. The molecule has 0 N–H and O–H groups in total. The van der Waals surface area contributed by atoms with Gasteiger partial charge in [0.05, 0.1) is 0 Å². The van der Waals surface area contributed by atoms with Crippen LogP contribution in [-0.2, 0) is 18.3 Å². The number of allylic oxidation sites excluding steroid dienone is 16. The molecule has 0 bridgehead atoms. The highest BCUT2D eigenvalue weighted by Crippen LogP contribution is 2.48. The molecule has 0 atom stereocenters. The van der Waals surface area contributed by atoms with Gasteiger partial charge in [-0.15, -0.1) is 18.2 Å². The van der Waals surface area contributed by atoms with Crippen LogP contribution in [0.1, 0.15) is 68.0 Å². The quantitative estimate of drug-likeness (QED) is 0.117. The zero-order valence-electron chi connectivity index (χ0n) is 33.9. The van der Waals surface area contributed by atoms with Crippen LogP contribution in [0.15, 0.2) is 193 Å². The number of nitrogens with zero attached hydrogens (tertiary/aromatic N) is 1. The molecule has 0 spiro atoms. The molecular formula is C54H55NS. The predicted molar refractivity (Wildman–Crippen MR) is 249 cm³/mol. The lowest BCUT2D eigenvalue weighted by Gasteiger charge is -2.22. The lowest BCUT2D eigenvalue weighted by atomic mass is 9.81. The van der Waals surface area contributed by atoms with Crippen LogP contribution in [0.2, 0.25) is 0 Å². The minimum Gasteiger partial charge on any atom is -0.348 e. The molecule has 4 aromatic rings. The third-order valence-electron chi connectivity index (χ3n) is 10.5. The van der Waals surface area contributed by atoms with Crippen molar-refractivity contribution in [1.82, 2.24) is 0 Å². The SMILES string of the molecule is C#C/C=C\C=C/Cc1ccc(N(C)/C(C)=C/C=C(\C)c2cccc(/C(C)=C/C=C\C=C)c2)cc1.CC1(C)C2=C(CSc3ccccc3C/C=C\2)c2ccccc21. The van der Waals surface area contributed by atoms with E-state index in [1.54, 1.807) is 12.2 Å². The first-order valence-electron chi connectivity index (χ1n) is 19.4. The number of rotatable bonds is 10. The van der Waals surface area contributed by atoms with Gasteiger partial charge in [-0.2, -0.15) is 0 Å². The number of thioether (sulfide) groups is 1. The van der Waals surface area contributed by atoms with Crippen molar-refractivity contribution in [2.24, 2.45) is 0 Å². The lowest BCUT2D eigenvalue weighted by molar-refractivity contribution is 0.653. The zero-order chi connectivity index (χ0) is 39.9. The Hall–Kier alpha value is -5.75.